The van der Waals surface area contributed by atoms with Crippen LogP contribution in [0.25, 0.3) is 0 Å². The van der Waals surface area contributed by atoms with Crippen LogP contribution in [-0.2, 0) is 23.4 Å². The van der Waals surface area contributed by atoms with Gasteiger partial charge in [0.15, 0.2) is 20.8 Å². The van der Waals surface area contributed by atoms with Crippen molar-refractivity contribution in [2.45, 2.75) is 24.0 Å². The first-order valence-electron chi connectivity index (χ1n) is 10.2. The summed E-state index contributed by atoms with van der Waals surface area (Å²) in [6.45, 7) is 3.20. The normalized spacial score (nSPS) is 12.0. The molecule has 0 aliphatic carbocycles. The van der Waals surface area contributed by atoms with Crippen molar-refractivity contribution >= 4 is 57.5 Å². The summed E-state index contributed by atoms with van der Waals surface area (Å²) in [6, 6.07) is 11.1. The van der Waals surface area contributed by atoms with Gasteiger partial charge in [0, 0.05) is 14.2 Å². The number of anilines is 4. The molecule has 0 atom stereocenters. The zero-order chi connectivity index (χ0) is 25.8. The second-order valence-electron chi connectivity index (χ2n) is 7.36. The molecule has 188 valence electrons. The van der Waals surface area contributed by atoms with Gasteiger partial charge in [-0.2, -0.15) is 4.98 Å². The lowest BCUT2D eigenvalue weighted by atomic mass is 10.3. The quantitative estimate of drug-likeness (QED) is 0.354. The van der Waals surface area contributed by atoms with Crippen LogP contribution in [0.3, 0.4) is 0 Å². The number of para-hydroxylation sites is 1. The number of nitrogens with one attached hydrogen (secondary N) is 2. The first-order valence-corrected chi connectivity index (χ1v) is 13.7. The zero-order valence-corrected chi connectivity index (χ0v) is 22.1. The minimum Gasteiger partial charge on any atom is -0.495 e. The number of sulfone groups is 1. The number of rotatable bonds is 10. The number of halogens is 1. The van der Waals surface area contributed by atoms with E-state index in [0.29, 0.717) is 11.4 Å². The number of hydrogen-bond acceptors (Lipinski definition) is 11. The van der Waals surface area contributed by atoms with Gasteiger partial charge in [0.2, 0.25) is 5.95 Å². The largest absolute Gasteiger partial charge is 0.495 e. The van der Waals surface area contributed by atoms with E-state index in [2.05, 4.69) is 25.8 Å². The molecule has 0 unspecified atom stereocenters. The van der Waals surface area contributed by atoms with Crippen molar-refractivity contribution in [3.63, 3.8) is 0 Å². The first kappa shape index (κ1) is 26.8. The van der Waals surface area contributed by atoms with Crippen LogP contribution in [0.1, 0.15) is 13.8 Å². The van der Waals surface area contributed by atoms with E-state index >= 15 is 0 Å². The van der Waals surface area contributed by atoms with Gasteiger partial charge < -0.3 is 24.4 Å². The SMILES string of the molecule is COc1ccc(P(=O)(OC)OC)cc1Nc1nnc(Cl)c(Nc2ccccc2S(=O)(=O)C(C)C)n1. The summed E-state index contributed by atoms with van der Waals surface area (Å²) in [4.78, 5) is 4.43. The lowest BCUT2D eigenvalue weighted by molar-refractivity contribution is 0.287. The summed E-state index contributed by atoms with van der Waals surface area (Å²) in [5, 5.41) is 13.3. The highest BCUT2D eigenvalue weighted by molar-refractivity contribution is 7.92. The Morgan fingerprint density at radius 3 is 2.29 bits per heavy atom. The van der Waals surface area contributed by atoms with E-state index in [1.807, 2.05) is 0 Å². The average Bonchev–Trinajstić information content (AvgIpc) is 2.85. The molecule has 1 aromatic heterocycles. The monoisotopic (exact) mass is 541 g/mol. The van der Waals surface area contributed by atoms with Crippen molar-refractivity contribution in [1.82, 2.24) is 15.2 Å². The fraction of sp³-hybridized carbons (Fsp3) is 0.286. The maximum absolute atomic E-state index is 12.8. The predicted octanol–water partition coefficient (Wildman–Crippen LogP) is 4.31. The molecule has 0 aliphatic heterocycles. The van der Waals surface area contributed by atoms with Gasteiger partial charge in [0.05, 0.1) is 33.9 Å². The molecule has 11 nitrogen and oxygen atoms in total. The predicted molar refractivity (Wildman–Crippen MR) is 134 cm³/mol. The molecule has 3 rings (SSSR count). The minimum atomic E-state index is -3.58. The van der Waals surface area contributed by atoms with Crippen LogP contribution >= 0.6 is 19.2 Å². The van der Waals surface area contributed by atoms with E-state index in [0.717, 1.165) is 0 Å². The van der Waals surface area contributed by atoms with E-state index in [1.165, 1.54) is 33.5 Å². The van der Waals surface area contributed by atoms with Gasteiger partial charge in [-0.1, -0.05) is 23.7 Å². The molecule has 14 heteroatoms. The van der Waals surface area contributed by atoms with E-state index in [1.54, 1.807) is 44.2 Å². The Labute approximate surface area is 208 Å². The highest BCUT2D eigenvalue weighted by atomic mass is 35.5. The Kier molecular flexibility index (Phi) is 8.34. The van der Waals surface area contributed by atoms with E-state index in [-0.39, 0.29) is 32.8 Å². The lowest BCUT2D eigenvalue weighted by Gasteiger charge is -2.17. The van der Waals surface area contributed by atoms with Gasteiger partial charge in [-0.05, 0) is 44.2 Å². The molecule has 0 aliphatic rings. The van der Waals surface area contributed by atoms with Crippen LogP contribution in [0.5, 0.6) is 5.75 Å². The Balaban J connectivity index is 1.99. The number of methoxy groups -OCH3 is 1. The van der Waals surface area contributed by atoms with Crippen LogP contribution in [0.15, 0.2) is 47.4 Å². The number of nitrogens with zero attached hydrogens (tertiary/aromatic N) is 3. The zero-order valence-electron chi connectivity index (χ0n) is 19.6. The third-order valence-electron chi connectivity index (χ3n) is 4.94. The molecule has 0 spiro atoms. The maximum Gasteiger partial charge on any atom is 0.360 e. The van der Waals surface area contributed by atoms with Gasteiger partial charge in [0.25, 0.3) is 0 Å². The molecular formula is C21H25ClN5O6PS. The third-order valence-corrected chi connectivity index (χ3v) is 9.28. The van der Waals surface area contributed by atoms with Crippen molar-refractivity contribution in [3.05, 3.63) is 47.6 Å². The van der Waals surface area contributed by atoms with Crippen LogP contribution in [0.4, 0.5) is 23.1 Å². The molecule has 3 aromatic rings. The van der Waals surface area contributed by atoms with Crippen LogP contribution in [0, 0.1) is 0 Å². The summed E-state index contributed by atoms with van der Waals surface area (Å²) >= 11 is 6.19. The minimum absolute atomic E-state index is 0.0150. The average molecular weight is 542 g/mol. The van der Waals surface area contributed by atoms with Gasteiger partial charge in [-0.15, -0.1) is 10.2 Å². The van der Waals surface area contributed by atoms with Gasteiger partial charge in [-0.3, -0.25) is 4.57 Å². The summed E-state index contributed by atoms with van der Waals surface area (Å²) in [5.74, 6) is 0.486. The molecular weight excluding hydrogens is 517 g/mol. The Morgan fingerprint density at radius 2 is 1.66 bits per heavy atom. The fourth-order valence-electron chi connectivity index (χ4n) is 3.01. The molecule has 0 bridgehead atoms. The third kappa shape index (κ3) is 5.74. The van der Waals surface area contributed by atoms with Crippen molar-refractivity contribution in [3.8, 4) is 5.75 Å². The van der Waals surface area contributed by atoms with E-state index in [9.17, 15) is 13.0 Å². The van der Waals surface area contributed by atoms with Crippen molar-refractivity contribution < 1.29 is 26.8 Å². The summed E-state index contributed by atoms with van der Waals surface area (Å²) in [6.07, 6.45) is 0. The van der Waals surface area contributed by atoms with Crippen LogP contribution in [0.2, 0.25) is 5.15 Å². The topological polar surface area (TPSA) is 142 Å². The van der Waals surface area contributed by atoms with Crippen molar-refractivity contribution in [1.29, 1.82) is 0 Å². The second-order valence-corrected chi connectivity index (χ2v) is 12.4. The smallest absolute Gasteiger partial charge is 0.360 e. The summed E-state index contributed by atoms with van der Waals surface area (Å²) in [5.41, 5.74) is 0.646. The van der Waals surface area contributed by atoms with E-state index in [4.69, 9.17) is 25.4 Å². The van der Waals surface area contributed by atoms with Crippen LogP contribution < -0.4 is 20.7 Å². The molecule has 0 saturated carbocycles. The highest BCUT2D eigenvalue weighted by Crippen LogP contribution is 2.46. The van der Waals surface area contributed by atoms with Gasteiger partial charge >= 0.3 is 7.60 Å². The van der Waals surface area contributed by atoms with Gasteiger partial charge in [-0.25, -0.2) is 8.42 Å². The number of hydrogen-bond donors (Lipinski definition) is 2. The molecule has 0 amide bonds. The summed E-state index contributed by atoms with van der Waals surface area (Å²) in [7, 11) is -3.09. The molecule has 2 aromatic carbocycles. The molecule has 35 heavy (non-hydrogen) atoms. The standard InChI is InChI=1S/C21H25ClN5O6PS/c1-13(2)35(29,30)18-9-7-6-8-15(18)23-20-19(22)26-27-21(25-20)24-16-12-14(10-11-17(16)31-3)34(28,32-4)33-5/h6-13H,1-5H3,(H2,23,24,25,27). The molecule has 0 fully saturated rings. The van der Waals surface area contributed by atoms with Gasteiger partial charge in [0.1, 0.15) is 5.75 Å². The molecule has 0 radical (unpaired) electrons. The first-order chi connectivity index (χ1) is 16.6. The molecule has 1 heterocycles. The number of benzene rings is 2. The molecule has 0 saturated heterocycles. The molecule has 2 N–H and O–H groups in total. The second kappa shape index (κ2) is 10.9. The Bertz CT molecular complexity index is 1360. The number of aromatic nitrogens is 3. The maximum atomic E-state index is 12.8. The Morgan fingerprint density at radius 1 is 0.971 bits per heavy atom. The van der Waals surface area contributed by atoms with Crippen molar-refractivity contribution in [2.24, 2.45) is 0 Å². The number of ether oxygens (including phenoxy) is 1. The van der Waals surface area contributed by atoms with Crippen LogP contribution in [-0.4, -0.2) is 50.2 Å². The summed E-state index contributed by atoms with van der Waals surface area (Å²) < 4.78 is 53.8. The highest BCUT2D eigenvalue weighted by Gasteiger charge is 2.26. The Hall–Kier alpha value is -2.76. The fourth-order valence-corrected chi connectivity index (χ4v) is 5.46. The van der Waals surface area contributed by atoms with E-state index < -0.39 is 22.7 Å². The van der Waals surface area contributed by atoms with Crippen molar-refractivity contribution in [2.75, 3.05) is 32.0 Å². The lowest BCUT2D eigenvalue weighted by Crippen LogP contribution is -2.16.